The number of nitrogens with zero attached hydrogens (tertiary/aromatic N) is 1. The van der Waals surface area contributed by atoms with Gasteiger partial charge in [-0.25, -0.2) is 0 Å². The molecule has 0 spiro atoms. The Morgan fingerprint density at radius 1 is 1.35 bits per heavy atom. The number of amides is 1. The van der Waals surface area contributed by atoms with E-state index in [0.29, 0.717) is 6.54 Å². The van der Waals surface area contributed by atoms with Crippen LogP contribution >= 0.6 is 0 Å². The van der Waals surface area contributed by atoms with Crippen LogP contribution in [0.2, 0.25) is 0 Å². The molecule has 0 bridgehead atoms. The van der Waals surface area contributed by atoms with Crippen LogP contribution in [0.3, 0.4) is 0 Å². The summed E-state index contributed by atoms with van der Waals surface area (Å²) in [5.41, 5.74) is -0.348. The highest BCUT2D eigenvalue weighted by Crippen LogP contribution is 2.27. The molecule has 1 heterocycles. The van der Waals surface area contributed by atoms with Crippen LogP contribution in [0.5, 0.6) is 0 Å². The molecule has 4 heteroatoms. The van der Waals surface area contributed by atoms with E-state index in [1.54, 1.807) is 0 Å². The van der Waals surface area contributed by atoms with Crippen molar-refractivity contribution in [3.8, 4) is 0 Å². The quantitative estimate of drug-likeness (QED) is 0.704. The van der Waals surface area contributed by atoms with Gasteiger partial charge in [-0.15, -0.1) is 0 Å². The van der Waals surface area contributed by atoms with Crippen LogP contribution in [0, 0.1) is 0 Å². The zero-order chi connectivity index (χ0) is 12.7. The average molecular weight is 242 g/mol. The third-order valence-electron chi connectivity index (χ3n) is 3.48. The van der Waals surface area contributed by atoms with E-state index in [1.165, 1.54) is 0 Å². The van der Waals surface area contributed by atoms with Gasteiger partial charge in [0.25, 0.3) is 0 Å². The molecular weight excluding hydrogens is 216 g/mol. The minimum atomic E-state index is -0.348. The van der Waals surface area contributed by atoms with Crippen molar-refractivity contribution in [3.05, 3.63) is 0 Å². The first kappa shape index (κ1) is 14.5. The Labute approximate surface area is 104 Å². The summed E-state index contributed by atoms with van der Waals surface area (Å²) in [6.45, 7) is 6.36. The van der Waals surface area contributed by atoms with E-state index in [1.807, 2.05) is 4.90 Å². The first-order valence-electron chi connectivity index (χ1n) is 6.85. The van der Waals surface area contributed by atoms with Gasteiger partial charge in [0.05, 0.1) is 12.1 Å². The van der Waals surface area contributed by atoms with Gasteiger partial charge in [0, 0.05) is 13.1 Å². The molecule has 1 saturated heterocycles. The molecule has 0 aliphatic carbocycles. The van der Waals surface area contributed by atoms with Gasteiger partial charge in [-0.05, 0) is 32.2 Å². The Bertz CT molecular complexity index is 232. The van der Waals surface area contributed by atoms with E-state index in [2.05, 4.69) is 19.2 Å². The lowest BCUT2D eigenvalue weighted by atomic mass is 9.90. The van der Waals surface area contributed by atoms with Crippen molar-refractivity contribution < 1.29 is 9.90 Å². The van der Waals surface area contributed by atoms with Crippen LogP contribution in [0.1, 0.15) is 46.0 Å². The highest BCUT2D eigenvalue weighted by atomic mass is 16.3. The first-order valence-corrected chi connectivity index (χ1v) is 6.85. The minimum absolute atomic E-state index is 0.0495. The molecule has 2 N–H and O–H groups in total. The highest BCUT2D eigenvalue weighted by Gasteiger charge is 2.42. The van der Waals surface area contributed by atoms with Crippen molar-refractivity contribution in [2.24, 2.45) is 0 Å². The summed E-state index contributed by atoms with van der Waals surface area (Å²) in [6.07, 6.45) is 4.86. The van der Waals surface area contributed by atoms with Crippen molar-refractivity contribution in [1.82, 2.24) is 10.2 Å². The second-order valence-corrected chi connectivity index (χ2v) is 4.88. The average Bonchev–Trinajstić information content (AvgIpc) is 2.78. The summed E-state index contributed by atoms with van der Waals surface area (Å²) in [4.78, 5) is 14.4. The number of aliphatic hydroxyl groups excluding tert-OH is 1. The molecule has 1 aliphatic rings. The molecule has 1 atom stereocenters. The van der Waals surface area contributed by atoms with Crippen LogP contribution in [0.15, 0.2) is 0 Å². The fourth-order valence-corrected chi connectivity index (χ4v) is 2.74. The number of aliphatic hydroxyl groups is 1. The summed E-state index contributed by atoms with van der Waals surface area (Å²) >= 11 is 0. The van der Waals surface area contributed by atoms with Gasteiger partial charge in [0.2, 0.25) is 5.91 Å². The molecule has 0 radical (unpaired) electrons. The standard InChI is InChI=1S/C13H26N2O2/c1-3-6-13(7-5-8-14-13)12(17)15(9-4-2)10-11-16/h14,16H,3-11H2,1-2H3. The SMILES string of the molecule is CCCN(CCO)C(=O)C1(CCC)CCCN1. The molecule has 1 fully saturated rings. The molecule has 1 rings (SSSR count). The van der Waals surface area contributed by atoms with Crippen LogP contribution in [-0.2, 0) is 4.79 Å². The van der Waals surface area contributed by atoms with Crippen LogP contribution in [0.4, 0.5) is 0 Å². The molecule has 17 heavy (non-hydrogen) atoms. The molecule has 0 aromatic rings. The number of carbonyl (C=O) groups is 1. The lowest BCUT2D eigenvalue weighted by Crippen LogP contribution is -2.55. The van der Waals surface area contributed by atoms with Gasteiger partial charge in [-0.2, -0.15) is 0 Å². The van der Waals surface area contributed by atoms with Gasteiger partial charge >= 0.3 is 0 Å². The maximum absolute atomic E-state index is 12.6. The zero-order valence-corrected chi connectivity index (χ0v) is 11.2. The number of hydrogen-bond donors (Lipinski definition) is 2. The van der Waals surface area contributed by atoms with Crippen LogP contribution in [-0.4, -0.2) is 47.7 Å². The number of nitrogens with one attached hydrogen (secondary N) is 1. The summed E-state index contributed by atoms with van der Waals surface area (Å²) in [7, 11) is 0. The largest absolute Gasteiger partial charge is 0.395 e. The summed E-state index contributed by atoms with van der Waals surface area (Å²) in [5.74, 6) is 0.188. The second kappa shape index (κ2) is 6.97. The van der Waals surface area contributed by atoms with E-state index < -0.39 is 0 Å². The molecular formula is C13H26N2O2. The van der Waals surface area contributed by atoms with E-state index in [-0.39, 0.29) is 18.1 Å². The third-order valence-corrected chi connectivity index (χ3v) is 3.48. The third kappa shape index (κ3) is 3.42. The fourth-order valence-electron chi connectivity index (χ4n) is 2.74. The maximum atomic E-state index is 12.6. The number of rotatable bonds is 7. The smallest absolute Gasteiger partial charge is 0.242 e. The van der Waals surface area contributed by atoms with E-state index in [0.717, 1.165) is 45.2 Å². The predicted octanol–water partition coefficient (Wildman–Crippen LogP) is 1.14. The maximum Gasteiger partial charge on any atom is 0.242 e. The van der Waals surface area contributed by atoms with Crippen molar-refractivity contribution in [2.45, 2.75) is 51.5 Å². The lowest BCUT2D eigenvalue weighted by molar-refractivity contribution is -0.138. The Kier molecular flexibility index (Phi) is 5.92. The van der Waals surface area contributed by atoms with Crippen molar-refractivity contribution in [2.75, 3.05) is 26.2 Å². The van der Waals surface area contributed by atoms with Gasteiger partial charge in [-0.1, -0.05) is 20.3 Å². The predicted molar refractivity (Wildman–Crippen MR) is 68.8 cm³/mol. The van der Waals surface area contributed by atoms with Crippen molar-refractivity contribution >= 4 is 5.91 Å². The molecule has 0 saturated carbocycles. The Balaban J connectivity index is 2.73. The van der Waals surface area contributed by atoms with Crippen molar-refractivity contribution in [1.29, 1.82) is 0 Å². The molecule has 100 valence electrons. The summed E-state index contributed by atoms with van der Waals surface area (Å²) in [6, 6.07) is 0. The first-order chi connectivity index (χ1) is 8.20. The van der Waals surface area contributed by atoms with Gasteiger partial charge in [-0.3, -0.25) is 4.79 Å². The molecule has 1 unspecified atom stereocenters. The normalized spacial score (nSPS) is 23.9. The minimum Gasteiger partial charge on any atom is -0.395 e. The lowest BCUT2D eigenvalue weighted by Gasteiger charge is -2.34. The number of carbonyl (C=O) groups excluding carboxylic acids is 1. The molecule has 1 amide bonds. The van der Waals surface area contributed by atoms with Gasteiger partial charge < -0.3 is 15.3 Å². The van der Waals surface area contributed by atoms with Gasteiger partial charge in [0.1, 0.15) is 0 Å². The van der Waals surface area contributed by atoms with Crippen molar-refractivity contribution in [3.63, 3.8) is 0 Å². The summed E-state index contributed by atoms with van der Waals surface area (Å²) in [5, 5.41) is 12.4. The Hall–Kier alpha value is -0.610. The fraction of sp³-hybridized carbons (Fsp3) is 0.923. The van der Waals surface area contributed by atoms with Gasteiger partial charge in [0.15, 0.2) is 0 Å². The molecule has 1 aliphatic heterocycles. The molecule has 0 aromatic heterocycles. The zero-order valence-electron chi connectivity index (χ0n) is 11.2. The Morgan fingerprint density at radius 2 is 2.12 bits per heavy atom. The van der Waals surface area contributed by atoms with E-state index in [9.17, 15) is 4.79 Å². The molecule has 4 nitrogen and oxygen atoms in total. The monoisotopic (exact) mass is 242 g/mol. The van der Waals surface area contributed by atoms with Crippen LogP contribution < -0.4 is 5.32 Å². The molecule has 0 aromatic carbocycles. The number of hydrogen-bond acceptors (Lipinski definition) is 3. The Morgan fingerprint density at radius 3 is 2.59 bits per heavy atom. The van der Waals surface area contributed by atoms with E-state index >= 15 is 0 Å². The second-order valence-electron chi connectivity index (χ2n) is 4.88. The summed E-state index contributed by atoms with van der Waals surface area (Å²) < 4.78 is 0. The van der Waals surface area contributed by atoms with E-state index in [4.69, 9.17) is 5.11 Å². The highest BCUT2D eigenvalue weighted by molar-refractivity contribution is 5.86. The topological polar surface area (TPSA) is 52.6 Å². The van der Waals surface area contributed by atoms with Crippen LogP contribution in [0.25, 0.3) is 0 Å².